The SMILES string of the molecule is COCCN(Cc1ccco1)C(=O)CSc1ccc(F)cc1. The minimum absolute atomic E-state index is 0.0113. The van der Waals surface area contributed by atoms with Gasteiger partial charge in [-0.2, -0.15) is 0 Å². The fourth-order valence-electron chi connectivity index (χ4n) is 1.85. The van der Waals surface area contributed by atoms with E-state index in [4.69, 9.17) is 9.15 Å². The number of methoxy groups -OCH3 is 1. The van der Waals surface area contributed by atoms with Crippen LogP contribution in [0.5, 0.6) is 0 Å². The van der Waals surface area contributed by atoms with Crippen molar-refractivity contribution in [2.45, 2.75) is 11.4 Å². The number of hydrogen-bond acceptors (Lipinski definition) is 4. The van der Waals surface area contributed by atoms with Gasteiger partial charge in [0.25, 0.3) is 0 Å². The molecule has 0 saturated heterocycles. The van der Waals surface area contributed by atoms with Crippen molar-refractivity contribution in [2.24, 2.45) is 0 Å². The Morgan fingerprint density at radius 3 is 2.73 bits per heavy atom. The van der Waals surface area contributed by atoms with Crippen LogP contribution in [0.15, 0.2) is 52.0 Å². The van der Waals surface area contributed by atoms with E-state index < -0.39 is 0 Å². The molecule has 0 aliphatic carbocycles. The fraction of sp³-hybridized carbons (Fsp3) is 0.312. The predicted octanol–water partition coefficient (Wildman–Crippen LogP) is 3.19. The molecule has 6 heteroatoms. The number of furan rings is 1. The second kappa shape index (κ2) is 8.60. The van der Waals surface area contributed by atoms with E-state index in [0.717, 1.165) is 10.7 Å². The van der Waals surface area contributed by atoms with E-state index in [9.17, 15) is 9.18 Å². The molecule has 2 rings (SSSR count). The van der Waals surface area contributed by atoms with E-state index in [-0.39, 0.29) is 17.5 Å². The van der Waals surface area contributed by atoms with Crippen LogP contribution in [-0.4, -0.2) is 36.8 Å². The van der Waals surface area contributed by atoms with Gasteiger partial charge in [0.2, 0.25) is 5.91 Å². The Morgan fingerprint density at radius 1 is 1.32 bits per heavy atom. The Kier molecular flexibility index (Phi) is 6.48. The van der Waals surface area contributed by atoms with Gasteiger partial charge < -0.3 is 14.1 Å². The van der Waals surface area contributed by atoms with Crippen molar-refractivity contribution in [3.63, 3.8) is 0 Å². The zero-order valence-corrected chi connectivity index (χ0v) is 13.1. The van der Waals surface area contributed by atoms with Gasteiger partial charge in [0, 0.05) is 18.6 Å². The fourth-order valence-corrected chi connectivity index (χ4v) is 2.65. The minimum Gasteiger partial charge on any atom is -0.467 e. The molecule has 0 radical (unpaired) electrons. The second-order valence-electron chi connectivity index (χ2n) is 4.63. The molecule has 0 unspecified atom stereocenters. The van der Waals surface area contributed by atoms with Crippen LogP contribution in [0.1, 0.15) is 5.76 Å². The summed E-state index contributed by atoms with van der Waals surface area (Å²) in [5.74, 6) is 0.727. The lowest BCUT2D eigenvalue weighted by Gasteiger charge is -2.21. The van der Waals surface area contributed by atoms with Gasteiger partial charge >= 0.3 is 0 Å². The quantitative estimate of drug-likeness (QED) is 0.700. The number of amides is 1. The third-order valence-corrected chi connectivity index (χ3v) is 4.02. The summed E-state index contributed by atoms with van der Waals surface area (Å²) in [4.78, 5) is 14.9. The molecule has 1 aromatic heterocycles. The minimum atomic E-state index is -0.282. The summed E-state index contributed by atoms with van der Waals surface area (Å²) >= 11 is 1.38. The highest BCUT2D eigenvalue weighted by Crippen LogP contribution is 2.19. The number of benzene rings is 1. The zero-order valence-electron chi connectivity index (χ0n) is 12.3. The Bertz CT molecular complexity index is 572. The molecule has 1 heterocycles. The summed E-state index contributed by atoms with van der Waals surface area (Å²) in [6, 6.07) is 9.73. The van der Waals surface area contributed by atoms with E-state index in [1.807, 2.05) is 6.07 Å². The number of rotatable bonds is 8. The highest BCUT2D eigenvalue weighted by atomic mass is 32.2. The maximum atomic E-state index is 12.9. The zero-order chi connectivity index (χ0) is 15.8. The largest absolute Gasteiger partial charge is 0.467 e. The van der Waals surface area contributed by atoms with Crippen molar-refractivity contribution < 1.29 is 18.3 Å². The molecule has 0 aliphatic rings. The first-order valence-corrected chi connectivity index (χ1v) is 7.85. The summed E-state index contributed by atoms with van der Waals surface area (Å²) in [6.45, 7) is 1.38. The van der Waals surface area contributed by atoms with Gasteiger partial charge in [-0.25, -0.2) is 4.39 Å². The summed E-state index contributed by atoms with van der Waals surface area (Å²) in [7, 11) is 1.60. The lowest BCUT2D eigenvalue weighted by atomic mass is 10.3. The van der Waals surface area contributed by atoms with E-state index in [0.29, 0.717) is 19.7 Å². The van der Waals surface area contributed by atoms with Crippen LogP contribution >= 0.6 is 11.8 Å². The highest BCUT2D eigenvalue weighted by Gasteiger charge is 2.15. The molecule has 2 aromatic rings. The lowest BCUT2D eigenvalue weighted by molar-refractivity contribution is -0.129. The third kappa shape index (κ3) is 5.20. The van der Waals surface area contributed by atoms with Gasteiger partial charge in [-0.15, -0.1) is 11.8 Å². The van der Waals surface area contributed by atoms with Crippen molar-refractivity contribution in [2.75, 3.05) is 26.0 Å². The van der Waals surface area contributed by atoms with Crippen molar-refractivity contribution >= 4 is 17.7 Å². The summed E-state index contributed by atoms with van der Waals surface area (Å²) in [5, 5.41) is 0. The molecule has 1 aromatic carbocycles. The topological polar surface area (TPSA) is 42.7 Å². The highest BCUT2D eigenvalue weighted by molar-refractivity contribution is 8.00. The molecule has 0 N–H and O–H groups in total. The van der Waals surface area contributed by atoms with E-state index >= 15 is 0 Å². The van der Waals surface area contributed by atoms with Gasteiger partial charge in [-0.3, -0.25) is 4.79 Å². The molecular formula is C16H18FNO3S. The average Bonchev–Trinajstić information content (AvgIpc) is 3.03. The summed E-state index contributed by atoms with van der Waals surface area (Å²) < 4.78 is 23.2. The summed E-state index contributed by atoms with van der Waals surface area (Å²) in [5.41, 5.74) is 0. The van der Waals surface area contributed by atoms with Crippen LogP contribution in [0.25, 0.3) is 0 Å². The maximum absolute atomic E-state index is 12.9. The first-order valence-electron chi connectivity index (χ1n) is 6.86. The average molecular weight is 323 g/mol. The number of carbonyl (C=O) groups excluding carboxylic acids is 1. The Hall–Kier alpha value is -1.79. The van der Waals surface area contributed by atoms with Crippen LogP contribution in [0.2, 0.25) is 0 Å². The van der Waals surface area contributed by atoms with Crippen LogP contribution in [-0.2, 0) is 16.1 Å². The number of thioether (sulfide) groups is 1. The molecule has 0 atom stereocenters. The number of halogens is 1. The number of nitrogens with zero attached hydrogens (tertiary/aromatic N) is 1. The molecular weight excluding hydrogens is 305 g/mol. The third-order valence-electron chi connectivity index (χ3n) is 3.02. The van der Waals surface area contributed by atoms with Crippen LogP contribution in [0.4, 0.5) is 4.39 Å². The Balaban J connectivity index is 1.91. The molecule has 118 valence electrons. The Labute approximate surface area is 133 Å². The summed E-state index contributed by atoms with van der Waals surface area (Å²) in [6.07, 6.45) is 1.58. The van der Waals surface area contributed by atoms with Gasteiger partial charge in [-0.1, -0.05) is 0 Å². The molecule has 0 spiro atoms. The van der Waals surface area contributed by atoms with Gasteiger partial charge in [0.15, 0.2) is 0 Å². The Morgan fingerprint density at radius 2 is 2.09 bits per heavy atom. The molecule has 4 nitrogen and oxygen atoms in total. The lowest BCUT2D eigenvalue weighted by Crippen LogP contribution is -2.34. The molecule has 0 fully saturated rings. The van der Waals surface area contributed by atoms with Crippen LogP contribution < -0.4 is 0 Å². The number of hydrogen-bond donors (Lipinski definition) is 0. The van der Waals surface area contributed by atoms with E-state index in [1.165, 1.54) is 23.9 Å². The van der Waals surface area contributed by atoms with Gasteiger partial charge in [0.1, 0.15) is 11.6 Å². The molecule has 1 amide bonds. The monoisotopic (exact) mass is 323 g/mol. The van der Waals surface area contributed by atoms with Crippen molar-refractivity contribution in [3.8, 4) is 0 Å². The molecule has 0 saturated carbocycles. The number of carbonyl (C=O) groups is 1. The van der Waals surface area contributed by atoms with Crippen molar-refractivity contribution in [3.05, 3.63) is 54.2 Å². The smallest absolute Gasteiger partial charge is 0.233 e. The standard InChI is InChI=1S/C16H18FNO3S/c1-20-10-8-18(11-14-3-2-9-21-14)16(19)12-22-15-6-4-13(17)5-7-15/h2-7,9H,8,10-12H2,1H3. The van der Waals surface area contributed by atoms with Crippen LogP contribution in [0, 0.1) is 5.82 Å². The van der Waals surface area contributed by atoms with Crippen molar-refractivity contribution in [1.82, 2.24) is 4.90 Å². The van der Waals surface area contributed by atoms with E-state index in [2.05, 4.69) is 0 Å². The number of ether oxygens (including phenoxy) is 1. The molecule has 0 bridgehead atoms. The molecule has 0 aliphatic heterocycles. The van der Waals surface area contributed by atoms with Gasteiger partial charge in [0.05, 0.1) is 25.2 Å². The first kappa shape index (κ1) is 16.6. The van der Waals surface area contributed by atoms with Gasteiger partial charge in [-0.05, 0) is 36.4 Å². The second-order valence-corrected chi connectivity index (χ2v) is 5.68. The maximum Gasteiger partial charge on any atom is 0.233 e. The van der Waals surface area contributed by atoms with Crippen molar-refractivity contribution in [1.29, 1.82) is 0 Å². The predicted molar refractivity (Wildman–Crippen MR) is 83.1 cm³/mol. The molecule has 22 heavy (non-hydrogen) atoms. The van der Waals surface area contributed by atoms with E-state index in [1.54, 1.807) is 36.5 Å². The first-order chi connectivity index (χ1) is 10.7. The van der Waals surface area contributed by atoms with Crippen LogP contribution in [0.3, 0.4) is 0 Å². The normalized spacial score (nSPS) is 10.6.